The lowest BCUT2D eigenvalue weighted by Gasteiger charge is -2.25. The molecule has 3 rings (SSSR count). The molecule has 0 radical (unpaired) electrons. The summed E-state index contributed by atoms with van der Waals surface area (Å²) in [7, 11) is -3.90. The molecule has 4 nitrogen and oxygen atoms in total. The summed E-state index contributed by atoms with van der Waals surface area (Å²) >= 11 is 5.89. The van der Waals surface area contributed by atoms with E-state index in [4.69, 9.17) is 15.8 Å². The van der Waals surface area contributed by atoms with Crippen molar-refractivity contribution in [1.82, 2.24) is 5.32 Å². The molecular weight excluding hydrogens is 346 g/mol. The van der Waals surface area contributed by atoms with Gasteiger partial charge in [-0.05, 0) is 74.2 Å². The minimum Gasteiger partial charge on any atom is -0.379 e. The van der Waals surface area contributed by atoms with Crippen molar-refractivity contribution < 1.29 is 12.6 Å². The van der Waals surface area contributed by atoms with Gasteiger partial charge >= 0.3 is 10.1 Å². The highest BCUT2D eigenvalue weighted by Gasteiger charge is 2.22. The number of piperidine rings is 1. The molecule has 1 N–H and O–H groups in total. The molecule has 128 valence electrons. The van der Waals surface area contributed by atoms with Crippen LogP contribution in [0.4, 0.5) is 0 Å². The summed E-state index contributed by atoms with van der Waals surface area (Å²) < 4.78 is 30.4. The van der Waals surface area contributed by atoms with Crippen LogP contribution in [0.3, 0.4) is 0 Å². The van der Waals surface area contributed by atoms with Crippen molar-refractivity contribution in [1.29, 1.82) is 0 Å². The van der Waals surface area contributed by atoms with Gasteiger partial charge in [-0.1, -0.05) is 29.8 Å². The van der Waals surface area contributed by atoms with Gasteiger partial charge in [-0.25, -0.2) is 0 Å². The molecule has 2 aromatic rings. The Morgan fingerprint density at radius 1 is 1.12 bits per heavy atom. The van der Waals surface area contributed by atoms with Crippen LogP contribution in [0.15, 0.2) is 47.4 Å². The van der Waals surface area contributed by atoms with E-state index in [2.05, 4.69) is 11.4 Å². The molecule has 0 aromatic heterocycles. The van der Waals surface area contributed by atoms with Crippen LogP contribution < -0.4 is 9.50 Å². The predicted octanol–water partition coefficient (Wildman–Crippen LogP) is 3.88. The molecule has 2 aromatic carbocycles. The monoisotopic (exact) mass is 365 g/mol. The fraction of sp³-hybridized carbons (Fsp3) is 0.333. The molecule has 24 heavy (non-hydrogen) atoms. The number of rotatable bonds is 4. The van der Waals surface area contributed by atoms with Gasteiger partial charge < -0.3 is 9.50 Å². The molecule has 0 saturated carbocycles. The first-order valence-corrected chi connectivity index (χ1v) is 9.76. The molecule has 0 aliphatic carbocycles. The van der Waals surface area contributed by atoms with Gasteiger partial charge in [-0.3, -0.25) is 0 Å². The second kappa shape index (κ2) is 7.13. The van der Waals surface area contributed by atoms with Crippen LogP contribution >= 0.6 is 11.6 Å². The van der Waals surface area contributed by atoms with Crippen LogP contribution in [-0.4, -0.2) is 21.5 Å². The maximum absolute atomic E-state index is 12.5. The Kier molecular flexibility index (Phi) is 5.13. The van der Waals surface area contributed by atoms with E-state index >= 15 is 0 Å². The van der Waals surface area contributed by atoms with Crippen LogP contribution in [-0.2, 0) is 10.1 Å². The third-order valence-corrected chi connectivity index (χ3v) is 5.85. The zero-order chi connectivity index (χ0) is 17.2. The van der Waals surface area contributed by atoms with E-state index in [0.29, 0.717) is 16.7 Å². The minimum atomic E-state index is -3.90. The lowest BCUT2D eigenvalue weighted by molar-refractivity contribution is 0.454. The topological polar surface area (TPSA) is 55.4 Å². The van der Waals surface area contributed by atoms with Crippen molar-refractivity contribution >= 4 is 21.7 Å². The fourth-order valence-corrected chi connectivity index (χ4v) is 4.37. The van der Waals surface area contributed by atoms with Crippen LogP contribution in [0.25, 0.3) is 0 Å². The van der Waals surface area contributed by atoms with Crippen LogP contribution in [0, 0.1) is 6.92 Å². The molecule has 0 atom stereocenters. The van der Waals surface area contributed by atoms with Crippen molar-refractivity contribution in [3.05, 3.63) is 58.6 Å². The molecule has 1 aliphatic heterocycles. The van der Waals surface area contributed by atoms with Gasteiger partial charge in [-0.15, -0.1) is 0 Å². The smallest absolute Gasteiger partial charge is 0.339 e. The maximum atomic E-state index is 12.5. The van der Waals surface area contributed by atoms with Gasteiger partial charge in [0.2, 0.25) is 0 Å². The normalized spacial score (nSPS) is 16.1. The Morgan fingerprint density at radius 2 is 1.83 bits per heavy atom. The number of hydrogen-bond donors (Lipinski definition) is 1. The highest BCUT2D eigenvalue weighted by Crippen LogP contribution is 2.33. The van der Waals surface area contributed by atoms with Crippen molar-refractivity contribution in [2.24, 2.45) is 0 Å². The van der Waals surface area contributed by atoms with Crippen LogP contribution in [0.1, 0.15) is 29.9 Å². The standard InChI is InChI=1S/C18H20ClNO3S/c1-13-17(14-8-10-20-11-9-14)6-3-7-18(13)23-24(21,22)16-5-2-4-15(19)12-16/h2-7,12,14,20H,8-11H2,1H3. The molecule has 0 amide bonds. The lowest BCUT2D eigenvalue weighted by atomic mass is 9.87. The van der Waals surface area contributed by atoms with Gasteiger partial charge in [0, 0.05) is 5.02 Å². The van der Waals surface area contributed by atoms with E-state index in [1.807, 2.05) is 13.0 Å². The molecule has 1 aliphatic rings. The number of halogens is 1. The first-order valence-electron chi connectivity index (χ1n) is 7.97. The van der Waals surface area contributed by atoms with Gasteiger partial charge in [0.15, 0.2) is 0 Å². The third kappa shape index (κ3) is 3.74. The molecule has 1 heterocycles. The van der Waals surface area contributed by atoms with E-state index in [0.717, 1.165) is 37.1 Å². The Bertz CT molecular complexity index is 830. The molecule has 0 unspecified atom stereocenters. The summed E-state index contributed by atoms with van der Waals surface area (Å²) in [6.45, 7) is 3.88. The van der Waals surface area contributed by atoms with Gasteiger partial charge in [0.25, 0.3) is 0 Å². The van der Waals surface area contributed by atoms with E-state index in [1.165, 1.54) is 12.1 Å². The molecule has 0 bridgehead atoms. The first kappa shape index (κ1) is 17.3. The molecule has 1 saturated heterocycles. The summed E-state index contributed by atoms with van der Waals surface area (Å²) in [5.41, 5.74) is 2.05. The zero-order valence-corrected chi connectivity index (χ0v) is 15.0. The maximum Gasteiger partial charge on any atom is 0.339 e. The van der Waals surface area contributed by atoms with Crippen LogP contribution in [0.5, 0.6) is 5.75 Å². The summed E-state index contributed by atoms with van der Waals surface area (Å²) in [6, 6.07) is 11.7. The van der Waals surface area contributed by atoms with Gasteiger partial charge in [-0.2, -0.15) is 8.42 Å². The summed E-state index contributed by atoms with van der Waals surface area (Å²) in [6.07, 6.45) is 2.09. The molecule has 0 spiro atoms. The largest absolute Gasteiger partial charge is 0.379 e. The molecule has 6 heteroatoms. The summed E-state index contributed by atoms with van der Waals surface area (Å²) in [4.78, 5) is 0.0571. The fourth-order valence-electron chi connectivity index (χ4n) is 3.09. The van der Waals surface area contributed by atoms with Crippen molar-refractivity contribution in [3.63, 3.8) is 0 Å². The molecule has 1 fully saturated rings. The first-order chi connectivity index (χ1) is 11.5. The Labute approximate surface area is 147 Å². The average molecular weight is 366 g/mol. The summed E-state index contributed by atoms with van der Waals surface area (Å²) in [5, 5.41) is 3.70. The van der Waals surface area contributed by atoms with Gasteiger partial charge in [0.05, 0.1) is 0 Å². The highest BCUT2D eigenvalue weighted by atomic mass is 35.5. The quantitative estimate of drug-likeness (QED) is 0.835. The Morgan fingerprint density at radius 3 is 2.54 bits per heavy atom. The molecular formula is C18H20ClNO3S. The van der Waals surface area contributed by atoms with E-state index < -0.39 is 10.1 Å². The number of benzene rings is 2. The Hall–Kier alpha value is -1.56. The zero-order valence-electron chi connectivity index (χ0n) is 13.5. The SMILES string of the molecule is Cc1c(OS(=O)(=O)c2cccc(Cl)c2)cccc1C1CCNCC1. The number of nitrogens with one attached hydrogen (secondary N) is 1. The third-order valence-electron chi connectivity index (χ3n) is 4.39. The summed E-state index contributed by atoms with van der Waals surface area (Å²) in [5.74, 6) is 0.815. The van der Waals surface area contributed by atoms with E-state index in [-0.39, 0.29) is 4.90 Å². The second-order valence-electron chi connectivity index (χ2n) is 5.99. The lowest BCUT2D eigenvalue weighted by Crippen LogP contribution is -2.27. The minimum absolute atomic E-state index is 0.0571. The highest BCUT2D eigenvalue weighted by molar-refractivity contribution is 7.87. The average Bonchev–Trinajstić information content (AvgIpc) is 2.57. The van der Waals surface area contributed by atoms with Crippen molar-refractivity contribution in [2.75, 3.05) is 13.1 Å². The predicted molar refractivity (Wildman–Crippen MR) is 95.3 cm³/mol. The Balaban J connectivity index is 1.90. The van der Waals surface area contributed by atoms with Gasteiger partial charge in [0.1, 0.15) is 10.6 Å². The van der Waals surface area contributed by atoms with E-state index in [9.17, 15) is 8.42 Å². The van der Waals surface area contributed by atoms with Crippen molar-refractivity contribution in [3.8, 4) is 5.75 Å². The van der Waals surface area contributed by atoms with Crippen LogP contribution in [0.2, 0.25) is 5.02 Å². The van der Waals surface area contributed by atoms with Crippen molar-refractivity contribution in [2.45, 2.75) is 30.6 Å². The van der Waals surface area contributed by atoms with E-state index in [1.54, 1.807) is 18.2 Å². The number of hydrogen-bond acceptors (Lipinski definition) is 4. The second-order valence-corrected chi connectivity index (χ2v) is 7.97.